The van der Waals surface area contributed by atoms with Crippen LogP contribution in [0.3, 0.4) is 0 Å². The van der Waals surface area contributed by atoms with E-state index in [9.17, 15) is 23.3 Å². The second-order valence-corrected chi connectivity index (χ2v) is 9.92. The second kappa shape index (κ2) is 6.84. The Morgan fingerprint density at radius 3 is 2.38 bits per heavy atom. The molecule has 0 N–H and O–H groups in total. The number of anilines is 1. The van der Waals surface area contributed by atoms with Crippen LogP contribution in [0.25, 0.3) is 0 Å². The fourth-order valence-electron chi connectivity index (χ4n) is 4.32. The van der Waals surface area contributed by atoms with Crippen molar-refractivity contribution in [2.75, 3.05) is 16.4 Å². The van der Waals surface area contributed by atoms with Crippen molar-refractivity contribution in [1.29, 1.82) is 0 Å². The maximum Gasteiger partial charge on any atom is 0.325 e. The number of amides is 2. The highest BCUT2D eigenvalue weighted by Gasteiger charge is 2.53. The third kappa shape index (κ3) is 3.57. The van der Waals surface area contributed by atoms with E-state index >= 15 is 0 Å². The van der Waals surface area contributed by atoms with Gasteiger partial charge in [-0.15, -0.1) is 0 Å². The minimum absolute atomic E-state index is 0.0593. The predicted molar refractivity (Wildman–Crippen MR) is 109 cm³/mol. The molecule has 4 rings (SSSR count). The highest BCUT2D eigenvalue weighted by atomic mass is 32.2. The number of benzene rings is 2. The van der Waals surface area contributed by atoms with Gasteiger partial charge in [0.25, 0.3) is 5.69 Å². The maximum absolute atomic E-state index is 13.3. The van der Waals surface area contributed by atoms with Gasteiger partial charge in [-0.2, -0.15) is 0 Å². The third-order valence-corrected chi connectivity index (χ3v) is 7.14. The molecule has 2 aliphatic rings. The zero-order valence-corrected chi connectivity index (χ0v) is 16.9. The fraction of sp³-hybridized carbons (Fsp3) is 0.350. The summed E-state index contributed by atoms with van der Waals surface area (Å²) < 4.78 is 24.7. The summed E-state index contributed by atoms with van der Waals surface area (Å²) in [6.07, 6.45) is 0. The molecule has 2 aliphatic heterocycles. The molecule has 8 nitrogen and oxygen atoms in total. The average molecular weight is 415 g/mol. The zero-order chi connectivity index (χ0) is 20.9. The summed E-state index contributed by atoms with van der Waals surface area (Å²) in [5, 5.41) is 11.1. The Hall–Kier alpha value is -2.94. The summed E-state index contributed by atoms with van der Waals surface area (Å²) in [6.45, 7) is 3.99. The first-order valence-electron chi connectivity index (χ1n) is 9.26. The Balaban J connectivity index is 1.72. The normalized spacial score (nSPS) is 22.8. The van der Waals surface area contributed by atoms with Crippen molar-refractivity contribution in [3.8, 4) is 0 Å². The smallest absolute Gasteiger partial charge is 0.314 e. The molecule has 152 valence electrons. The molecule has 2 heterocycles. The molecule has 29 heavy (non-hydrogen) atoms. The molecule has 2 unspecified atom stereocenters. The van der Waals surface area contributed by atoms with Crippen LogP contribution in [0.1, 0.15) is 16.7 Å². The van der Waals surface area contributed by atoms with E-state index in [1.54, 1.807) is 17.0 Å². The van der Waals surface area contributed by atoms with Crippen molar-refractivity contribution in [3.05, 3.63) is 69.3 Å². The highest BCUT2D eigenvalue weighted by molar-refractivity contribution is 7.91. The van der Waals surface area contributed by atoms with Crippen LogP contribution in [-0.2, 0) is 16.4 Å². The number of hydrogen-bond donors (Lipinski definition) is 0. The van der Waals surface area contributed by atoms with Crippen LogP contribution in [0.2, 0.25) is 0 Å². The topological polar surface area (TPSA) is 101 Å². The van der Waals surface area contributed by atoms with E-state index in [0.717, 1.165) is 11.1 Å². The summed E-state index contributed by atoms with van der Waals surface area (Å²) in [7, 11) is -3.28. The molecule has 0 spiro atoms. The Bertz CT molecular complexity index is 1090. The number of rotatable bonds is 4. The number of carbonyl (C=O) groups is 1. The lowest BCUT2D eigenvalue weighted by atomic mass is 10.1. The first-order valence-corrected chi connectivity index (χ1v) is 11.1. The van der Waals surface area contributed by atoms with E-state index in [2.05, 4.69) is 0 Å². The number of carbonyl (C=O) groups excluding carboxylic acids is 1. The minimum Gasteiger partial charge on any atom is -0.314 e. The number of sulfone groups is 1. The first-order chi connectivity index (χ1) is 13.6. The predicted octanol–water partition coefficient (Wildman–Crippen LogP) is 2.82. The number of aryl methyl sites for hydroxylation is 2. The third-order valence-electron chi connectivity index (χ3n) is 5.44. The molecule has 2 amide bonds. The van der Waals surface area contributed by atoms with Gasteiger partial charge in [-0.1, -0.05) is 18.2 Å². The number of nitrogens with zero attached hydrogens (tertiary/aromatic N) is 3. The summed E-state index contributed by atoms with van der Waals surface area (Å²) in [5.41, 5.74) is 3.19. The van der Waals surface area contributed by atoms with Gasteiger partial charge in [-0.3, -0.25) is 15.0 Å². The van der Waals surface area contributed by atoms with Crippen LogP contribution in [0.4, 0.5) is 16.2 Å². The largest absolute Gasteiger partial charge is 0.325 e. The van der Waals surface area contributed by atoms with Crippen LogP contribution < -0.4 is 4.90 Å². The lowest BCUT2D eigenvalue weighted by Crippen LogP contribution is -2.37. The summed E-state index contributed by atoms with van der Waals surface area (Å²) in [4.78, 5) is 27.0. The Morgan fingerprint density at radius 1 is 1.07 bits per heavy atom. The molecule has 2 fully saturated rings. The number of nitro benzene ring substituents is 1. The van der Waals surface area contributed by atoms with Gasteiger partial charge in [0.05, 0.1) is 28.5 Å². The number of hydrogen-bond acceptors (Lipinski definition) is 5. The monoisotopic (exact) mass is 415 g/mol. The van der Waals surface area contributed by atoms with E-state index in [4.69, 9.17) is 0 Å². The van der Waals surface area contributed by atoms with Gasteiger partial charge in [-0.05, 0) is 42.7 Å². The second-order valence-electron chi connectivity index (χ2n) is 7.76. The van der Waals surface area contributed by atoms with Crippen LogP contribution in [0.15, 0.2) is 42.5 Å². The van der Waals surface area contributed by atoms with E-state index < -0.39 is 26.8 Å². The van der Waals surface area contributed by atoms with Gasteiger partial charge in [0, 0.05) is 24.4 Å². The molecule has 0 bridgehead atoms. The van der Waals surface area contributed by atoms with Crippen LogP contribution in [0.5, 0.6) is 0 Å². The maximum atomic E-state index is 13.3. The molecule has 9 heteroatoms. The first kappa shape index (κ1) is 19.4. The van der Waals surface area contributed by atoms with E-state index in [1.165, 1.54) is 17.0 Å². The molecule has 2 aromatic rings. The average Bonchev–Trinajstić information content (AvgIpc) is 3.05. The van der Waals surface area contributed by atoms with Gasteiger partial charge in [0.1, 0.15) is 0 Å². The lowest BCUT2D eigenvalue weighted by molar-refractivity contribution is -0.384. The van der Waals surface area contributed by atoms with Crippen molar-refractivity contribution in [3.63, 3.8) is 0 Å². The number of non-ortho nitro benzene ring substituents is 1. The lowest BCUT2D eigenvalue weighted by Gasteiger charge is -2.23. The molecular weight excluding hydrogens is 394 g/mol. The van der Waals surface area contributed by atoms with E-state index in [1.807, 2.05) is 32.0 Å². The fourth-order valence-corrected chi connectivity index (χ4v) is 6.27. The van der Waals surface area contributed by atoms with Gasteiger partial charge in [-0.25, -0.2) is 13.2 Å². The molecule has 2 saturated heterocycles. The van der Waals surface area contributed by atoms with Crippen molar-refractivity contribution in [1.82, 2.24) is 4.90 Å². The van der Waals surface area contributed by atoms with Gasteiger partial charge < -0.3 is 4.90 Å². The van der Waals surface area contributed by atoms with Crippen LogP contribution in [0, 0.1) is 24.0 Å². The molecular formula is C20H21N3O5S. The van der Waals surface area contributed by atoms with Gasteiger partial charge >= 0.3 is 6.03 Å². The van der Waals surface area contributed by atoms with Crippen LogP contribution >= 0.6 is 0 Å². The van der Waals surface area contributed by atoms with Crippen molar-refractivity contribution in [2.45, 2.75) is 32.5 Å². The molecule has 0 aliphatic carbocycles. The number of nitro groups is 1. The summed E-state index contributed by atoms with van der Waals surface area (Å²) in [5.74, 6) is -0.179. The SMILES string of the molecule is Cc1cc(C)cc(N2C(=O)N(Cc3cccc([N+](=O)[O-])c3)C3CS(=O)(=O)CC32)c1. The number of fused-ring (bicyclic) bond motifs is 1. The van der Waals surface area contributed by atoms with Crippen molar-refractivity contribution >= 4 is 27.2 Å². The summed E-state index contributed by atoms with van der Waals surface area (Å²) >= 11 is 0. The minimum atomic E-state index is -3.28. The van der Waals surface area contributed by atoms with E-state index in [-0.39, 0.29) is 29.8 Å². The molecule has 2 aromatic carbocycles. The zero-order valence-electron chi connectivity index (χ0n) is 16.1. The Morgan fingerprint density at radius 2 is 1.72 bits per heavy atom. The van der Waals surface area contributed by atoms with Crippen molar-refractivity contribution < 1.29 is 18.1 Å². The summed E-state index contributed by atoms with van der Waals surface area (Å²) in [6, 6.07) is 10.6. The van der Waals surface area contributed by atoms with Crippen LogP contribution in [-0.4, -0.2) is 47.9 Å². The molecule has 0 radical (unpaired) electrons. The Labute approximate surface area is 168 Å². The standard InChI is InChI=1S/C20H21N3O5S/c1-13-6-14(2)8-17(7-13)22-19-12-29(27,28)11-18(19)21(20(22)24)10-15-4-3-5-16(9-15)23(25)26/h3-9,18-19H,10-12H2,1-2H3. The Kier molecular flexibility index (Phi) is 4.57. The van der Waals surface area contributed by atoms with E-state index in [0.29, 0.717) is 11.3 Å². The molecule has 0 aromatic heterocycles. The van der Waals surface area contributed by atoms with Crippen molar-refractivity contribution in [2.24, 2.45) is 0 Å². The number of urea groups is 1. The molecule has 2 atom stereocenters. The molecule has 0 saturated carbocycles. The van der Waals surface area contributed by atoms with Gasteiger partial charge in [0.2, 0.25) is 0 Å². The van der Waals surface area contributed by atoms with Gasteiger partial charge in [0.15, 0.2) is 9.84 Å². The highest BCUT2D eigenvalue weighted by Crippen LogP contribution is 2.36. The quantitative estimate of drug-likeness (QED) is 0.434.